The summed E-state index contributed by atoms with van der Waals surface area (Å²) in [5.41, 5.74) is 0.153. The van der Waals surface area contributed by atoms with Gasteiger partial charge in [0.1, 0.15) is 10.6 Å². The van der Waals surface area contributed by atoms with Crippen molar-refractivity contribution in [1.29, 1.82) is 0 Å². The van der Waals surface area contributed by atoms with Gasteiger partial charge in [0.15, 0.2) is 0 Å². The molecule has 1 aromatic rings. The highest BCUT2D eigenvalue weighted by molar-refractivity contribution is 7.85. The van der Waals surface area contributed by atoms with Crippen LogP contribution in [0.2, 0.25) is 0 Å². The summed E-state index contributed by atoms with van der Waals surface area (Å²) < 4.78 is 30.0. The maximum atomic E-state index is 10.7. The zero-order valence-electron chi connectivity index (χ0n) is 7.06. The average Bonchev–Trinajstić information content (AvgIpc) is 1.92. The number of hydrogen-bond acceptors (Lipinski definition) is 4. The minimum Gasteiger partial charge on any atom is -0.508 e. The van der Waals surface area contributed by atoms with Gasteiger partial charge in [-0.25, -0.2) is 0 Å². The first kappa shape index (κ1) is 11.9. The molecule has 0 aliphatic heterocycles. The Morgan fingerprint density at radius 3 is 2.23 bits per heavy atom. The van der Waals surface area contributed by atoms with E-state index in [1.165, 1.54) is 25.1 Å². The van der Waals surface area contributed by atoms with Crippen molar-refractivity contribution in [3.05, 3.63) is 23.8 Å². The Morgan fingerprint density at radius 1 is 1.31 bits per heavy atom. The Bertz CT molecular complexity index is 399. The van der Waals surface area contributed by atoms with Gasteiger partial charge in [0.25, 0.3) is 10.1 Å². The van der Waals surface area contributed by atoms with Crippen molar-refractivity contribution in [3.8, 4) is 5.75 Å². The molecule has 1 aromatic carbocycles. The third kappa shape index (κ3) is 2.41. The second-order valence-electron chi connectivity index (χ2n) is 2.38. The number of aromatic hydroxyl groups is 1. The molecule has 0 aliphatic carbocycles. The zero-order valence-corrected chi connectivity index (χ0v) is 7.87. The molecule has 5 N–H and O–H groups in total. The monoisotopic (exact) mass is 205 g/mol. The van der Waals surface area contributed by atoms with E-state index in [0.717, 1.165) is 0 Å². The van der Waals surface area contributed by atoms with E-state index in [1.54, 1.807) is 0 Å². The van der Waals surface area contributed by atoms with Crippen molar-refractivity contribution in [3.63, 3.8) is 0 Å². The first-order valence-corrected chi connectivity index (χ1v) is 4.63. The van der Waals surface area contributed by atoms with Crippen molar-refractivity contribution >= 4 is 10.1 Å². The van der Waals surface area contributed by atoms with E-state index in [1.807, 2.05) is 0 Å². The molecule has 0 heterocycles. The van der Waals surface area contributed by atoms with Crippen LogP contribution in [0, 0.1) is 6.92 Å². The highest BCUT2D eigenvalue weighted by Crippen LogP contribution is 2.22. The quantitative estimate of drug-likeness (QED) is 0.595. The maximum Gasteiger partial charge on any atom is 0.294 e. The highest BCUT2D eigenvalue weighted by atomic mass is 32.2. The standard InChI is InChI=1S/C7H8O4S.H3N/c1-5-6(8)3-2-4-7(5)12(9,10)11;/h2-4,8H,1H3,(H,9,10,11);1H3. The fourth-order valence-corrected chi connectivity index (χ4v) is 1.62. The van der Waals surface area contributed by atoms with Crippen LogP contribution in [-0.4, -0.2) is 18.1 Å². The molecule has 0 atom stereocenters. The van der Waals surface area contributed by atoms with Crippen LogP contribution in [0.1, 0.15) is 5.56 Å². The fourth-order valence-electron chi connectivity index (χ4n) is 0.882. The number of rotatable bonds is 1. The Balaban J connectivity index is 0.00000144. The van der Waals surface area contributed by atoms with Crippen LogP contribution >= 0.6 is 0 Å². The third-order valence-corrected chi connectivity index (χ3v) is 2.53. The number of phenols is 1. The third-order valence-electron chi connectivity index (χ3n) is 1.53. The highest BCUT2D eigenvalue weighted by Gasteiger charge is 2.14. The van der Waals surface area contributed by atoms with E-state index in [4.69, 9.17) is 9.66 Å². The van der Waals surface area contributed by atoms with Gasteiger partial charge >= 0.3 is 0 Å². The fraction of sp³-hybridized carbons (Fsp3) is 0.143. The van der Waals surface area contributed by atoms with Crippen LogP contribution in [0.3, 0.4) is 0 Å². The lowest BCUT2D eigenvalue weighted by atomic mass is 10.2. The predicted octanol–water partition coefficient (Wildman–Crippen LogP) is 1.11. The lowest BCUT2D eigenvalue weighted by molar-refractivity contribution is 0.461. The summed E-state index contributed by atoms with van der Waals surface area (Å²) >= 11 is 0. The summed E-state index contributed by atoms with van der Waals surface area (Å²) in [4.78, 5) is -0.262. The van der Waals surface area contributed by atoms with E-state index in [2.05, 4.69) is 0 Å². The number of phenolic OH excluding ortho intramolecular Hbond substituents is 1. The molecule has 0 fully saturated rings. The van der Waals surface area contributed by atoms with Gasteiger partial charge in [-0.15, -0.1) is 0 Å². The Labute approximate surface area is 76.4 Å². The van der Waals surface area contributed by atoms with Gasteiger partial charge in [-0.3, -0.25) is 4.55 Å². The molecule has 0 radical (unpaired) electrons. The van der Waals surface area contributed by atoms with E-state index < -0.39 is 10.1 Å². The van der Waals surface area contributed by atoms with Crippen molar-refractivity contribution < 1.29 is 18.1 Å². The van der Waals surface area contributed by atoms with E-state index in [9.17, 15) is 8.42 Å². The molecule has 0 saturated carbocycles. The molecule has 6 heteroatoms. The first-order valence-electron chi connectivity index (χ1n) is 3.19. The Hall–Kier alpha value is -1.11. The lowest BCUT2D eigenvalue weighted by Crippen LogP contribution is -2.00. The van der Waals surface area contributed by atoms with Crippen LogP contribution < -0.4 is 6.15 Å². The summed E-state index contributed by atoms with van der Waals surface area (Å²) in [5.74, 6) is -0.148. The molecule has 0 bridgehead atoms. The van der Waals surface area contributed by atoms with Gasteiger partial charge in [0, 0.05) is 5.56 Å². The molecule has 0 aliphatic rings. The molecular formula is C7H11NO4S. The van der Waals surface area contributed by atoms with Crippen LogP contribution in [-0.2, 0) is 10.1 Å². The maximum absolute atomic E-state index is 10.7. The van der Waals surface area contributed by atoms with Gasteiger partial charge in [-0.05, 0) is 19.1 Å². The van der Waals surface area contributed by atoms with E-state index in [-0.39, 0.29) is 22.4 Å². The van der Waals surface area contributed by atoms with Crippen LogP contribution in [0.15, 0.2) is 23.1 Å². The van der Waals surface area contributed by atoms with Crippen LogP contribution in [0.25, 0.3) is 0 Å². The molecule has 0 spiro atoms. The molecule has 5 nitrogen and oxygen atoms in total. The van der Waals surface area contributed by atoms with Crippen LogP contribution in [0.4, 0.5) is 0 Å². The molecule has 74 valence electrons. The normalized spacial score (nSPS) is 10.6. The van der Waals surface area contributed by atoms with Gasteiger partial charge in [-0.2, -0.15) is 8.42 Å². The SMILES string of the molecule is Cc1c(O)cccc1S(=O)(=O)O.N. The molecule has 0 saturated heterocycles. The summed E-state index contributed by atoms with van der Waals surface area (Å²) in [6.45, 7) is 1.42. The van der Waals surface area contributed by atoms with Crippen molar-refractivity contribution in [2.45, 2.75) is 11.8 Å². The second-order valence-corrected chi connectivity index (χ2v) is 3.77. The predicted molar refractivity (Wildman–Crippen MR) is 47.7 cm³/mol. The number of benzene rings is 1. The topological polar surface area (TPSA) is 110 Å². The van der Waals surface area contributed by atoms with Gasteiger partial charge in [0.2, 0.25) is 0 Å². The van der Waals surface area contributed by atoms with Crippen molar-refractivity contribution in [1.82, 2.24) is 6.15 Å². The van der Waals surface area contributed by atoms with E-state index in [0.29, 0.717) is 0 Å². The van der Waals surface area contributed by atoms with Crippen molar-refractivity contribution in [2.75, 3.05) is 0 Å². The Kier molecular flexibility index (Phi) is 3.42. The average molecular weight is 205 g/mol. The smallest absolute Gasteiger partial charge is 0.294 e. The minimum absolute atomic E-state index is 0. The lowest BCUT2D eigenvalue weighted by Gasteiger charge is -2.02. The molecular weight excluding hydrogens is 194 g/mol. The summed E-state index contributed by atoms with van der Waals surface area (Å²) in [5, 5.41) is 9.09. The van der Waals surface area contributed by atoms with E-state index >= 15 is 0 Å². The Morgan fingerprint density at radius 2 is 1.85 bits per heavy atom. The van der Waals surface area contributed by atoms with Gasteiger partial charge in [0.05, 0.1) is 0 Å². The summed E-state index contributed by atoms with van der Waals surface area (Å²) in [6.07, 6.45) is 0. The minimum atomic E-state index is -4.22. The van der Waals surface area contributed by atoms with Gasteiger partial charge < -0.3 is 11.3 Å². The molecule has 0 aromatic heterocycles. The second kappa shape index (κ2) is 3.73. The first-order chi connectivity index (χ1) is 5.43. The zero-order chi connectivity index (χ0) is 9.35. The summed E-state index contributed by atoms with van der Waals surface area (Å²) in [6, 6.07) is 3.93. The van der Waals surface area contributed by atoms with Crippen LogP contribution in [0.5, 0.6) is 5.75 Å². The molecule has 13 heavy (non-hydrogen) atoms. The molecule has 0 amide bonds. The molecule has 1 rings (SSSR count). The largest absolute Gasteiger partial charge is 0.508 e. The van der Waals surface area contributed by atoms with Crippen molar-refractivity contribution in [2.24, 2.45) is 0 Å². The summed E-state index contributed by atoms with van der Waals surface area (Å²) in [7, 11) is -4.22. The van der Waals surface area contributed by atoms with Gasteiger partial charge in [-0.1, -0.05) is 6.07 Å². The number of hydrogen-bond donors (Lipinski definition) is 3. The molecule has 0 unspecified atom stereocenters.